The highest BCUT2D eigenvalue weighted by Crippen LogP contribution is 2.27. The average Bonchev–Trinajstić information content (AvgIpc) is 2.85. The largest absolute Gasteiger partial charge is 0.279 e. The van der Waals surface area contributed by atoms with Crippen LogP contribution in [0.2, 0.25) is 5.02 Å². The number of benzene rings is 1. The smallest absolute Gasteiger partial charge is 0.164 e. The Kier molecular flexibility index (Phi) is 3.78. The fraction of sp³-hybridized carbons (Fsp3) is 0.133. The molecule has 0 atom stereocenters. The molecule has 0 bridgehead atoms. The number of nitrogens with zero attached hydrogens (tertiary/aromatic N) is 4. The Bertz CT molecular complexity index is 848. The van der Waals surface area contributed by atoms with Crippen molar-refractivity contribution in [2.75, 3.05) is 5.88 Å². The van der Waals surface area contributed by atoms with Crippen LogP contribution in [0, 0.1) is 11.3 Å². The van der Waals surface area contributed by atoms with Crippen molar-refractivity contribution in [2.45, 2.75) is 6.42 Å². The second-order valence-electron chi connectivity index (χ2n) is 4.43. The van der Waals surface area contributed by atoms with Gasteiger partial charge in [-0.25, -0.2) is 9.97 Å². The molecule has 21 heavy (non-hydrogen) atoms. The Labute approximate surface area is 131 Å². The van der Waals surface area contributed by atoms with Gasteiger partial charge in [-0.15, -0.1) is 11.6 Å². The number of aryl methyl sites for hydroxylation is 1. The lowest BCUT2D eigenvalue weighted by Gasteiger charge is -2.10. The number of halogens is 2. The SMILES string of the molecule is N#Cc1ccc(-n2c(CCCl)nc3cccnc32)c(Cl)c1. The van der Waals surface area contributed by atoms with E-state index in [1.165, 1.54) is 0 Å². The Morgan fingerprint density at radius 3 is 2.86 bits per heavy atom. The molecule has 6 heteroatoms. The van der Waals surface area contributed by atoms with E-state index in [2.05, 4.69) is 16.0 Å². The van der Waals surface area contributed by atoms with Crippen LogP contribution >= 0.6 is 23.2 Å². The van der Waals surface area contributed by atoms with E-state index in [1.807, 2.05) is 16.7 Å². The molecule has 0 saturated heterocycles. The Hall–Kier alpha value is -2.09. The first-order valence-electron chi connectivity index (χ1n) is 6.33. The number of aromatic nitrogens is 3. The van der Waals surface area contributed by atoms with Crippen LogP contribution in [0.15, 0.2) is 36.5 Å². The summed E-state index contributed by atoms with van der Waals surface area (Å²) in [6, 6.07) is 11.0. The number of nitriles is 1. The first-order chi connectivity index (χ1) is 10.2. The van der Waals surface area contributed by atoms with Gasteiger partial charge in [-0.1, -0.05) is 11.6 Å². The molecule has 0 unspecified atom stereocenters. The van der Waals surface area contributed by atoms with Crippen LogP contribution in [-0.2, 0) is 6.42 Å². The fourth-order valence-electron chi connectivity index (χ4n) is 2.22. The van der Waals surface area contributed by atoms with Gasteiger partial charge in [-0.3, -0.25) is 4.57 Å². The highest BCUT2D eigenvalue weighted by atomic mass is 35.5. The second kappa shape index (κ2) is 5.72. The third-order valence-electron chi connectivity index (χ3n) is 3.12. The van der Waals surface area contributed by atoms with Crippen molar-refractivity contribution in [2.24, 2.45) is 0 Å². The fourth-order valence-corrected chi connectivity index (χ4v) is 2.66. The van der Waals surface area contributed by atoms with Gasteiger partial charge in [0.1, 0.15) is 11.3 Å². The highest BCUT2D eigenvalue weighted by Gasteiger charge is 2.15. The van der Waals surface area contributed by atoms with E-state index in [-0.39, 0.29) is 0 Å². The minimum atomic E-state index is 0.456. The monoisotopic (exact) mass is 316 g/mol. The van der Waals surface area contributed by atoms with Crippen molar-refractivity contribution in [1.82, 2.24) is 14.5 Å². The van der Waals surface area contributed by atoms with E-state index < -0.39 is 0 Å². The maximum atomic E-state index is 8.94. The van der Waals surface area contributed by atoms with Gasteiger partial charge in [0, 0.05) is 18.5 Å². The summed E-state index contributed by atoms with van der Waals surface area (Å²) in [6.07, 6.45) is 2.32. The summed E-state index contributed by atoms with van der Waals surface area (Å²) >= 11 is 12.2. The molecular weight excluding hydrogens is 307 g/mol. The molecule has 0 aliphatic carbocycles. The minimum absolute atomic E-state index is 0.456. The van der Waals surface area contributed by atoms with Gasteiger partial charge in [0.15, 0.2) is 5.65 Å². The molecule has 3 aromatic rings. The van der Waals surface area contributed by atoms with Gasteiger partial charge in [0.25, 0.3) is 0 Å². The van der Waals surface area contributed by atoms with E-state index in [0.717, 1.165) is 22.7 Å². The molecule has 0 N–H and O–H groups in total. The summed E-state index contributed by atoms with van der Waals surface area (Å²) in [6.45, 7) is 0. The summed E-state index contributed by atoms with van der Waals surface area (Å²) in [5, 5.41) is 9.42. The molecule has 2 aromatic heterocycles. The molecule has 4 nitrogen and oxygen atoms in total. The van der Waals surface area contributed by atoms with Crippen LogP contribution in [0.4, 0.5) is 0 Å². The molecular formula is C15H10Cl2N4. The van der Waals surface area contributed by atoms with E-state index >= 15 is 0 Å². The van der Waals surface area contributed by atoms with Crippen LogP contribution in [0.5, 0.6) is 0 Å². The van der Waals surface area contributed by atoms with Crippen molar-refractivity contribution >= 4 is 34.4 Å². The zero-order valence-electron chi connectivity index (χ0n) is 10.9. The third-order valence-corrected chi connectivity index (χ3v) is 3.61. The lowest BCUT2D eigenvalue weighted by molar-refractivity contribution is 0.905. The molecule has 3 rings (SSSR count). The molecule has 0 saturated carbocycles. The Morgan fingerprint density at radius 1 is 1.29 bits per heavy atom. The van der Waals surface area contributed by atoms with Crippen LogP contribution in [0.1, 0.15) is 11.4 Å². The molecule has 2 heterocycles. The van der Waals surface area contributed by atoms with Crippen LogP contribution in [-0.4, -0.2) is 20.4 Å². The van der Waals surface area contributed by atoms with Crippen molar-refractivity contribution in [3.05, 3.63) is 52.9 Å². The van der Waals surface area contributed by atoms with Crippen molar-refractivity contribution < 1.29 is 0 Å². The zero-order chi connectivity index (χ0) is 14.8. The van der Waals surface area contributed by atoms with E-state index in [0.29, 0.717) is 22.9 Å². The molecule has 0 aliphatic rings. The lowest BCUT2D eigenvalue weighted by atomic mass is 10.2. The molecule has 0 amide bonds. The highest BCUT2D eigenvalue weighted by molar-refractivity contribution is 6.32. The Balaban J connectivity index is 2.28. The average molecular weight is 317 g/mol. The van der Waals surface area contributed by atoms with E-state index in [9.17, 15) is 0 Å². The standard InChI is InChI=1S/C15H10Cl2N4/c16-6-5-14-20-12-2-1-7-19-15(12)21(14)13-4-3-10(9-18)8-11(13)17/h1-4,7-8H,5-6H2. The topological polar surface area (TPSA) is 54.5 Å². The molecule has 0 radical (unpaired) electrons. The molecule has 0 fully saturated rings. The molecule has 1 aromatic carbocycles. The summed E-state index contributed by atoms with van der Waals surface area (Å²) in [5.74, 6) is 1.25. The van der Waals surface area contributed by atoms with Crippen molar-refractivity contribution in [1.29, 1.82) is 5.26 Å². The molecule has 104 valence electrons. The number of fused-ring (bicyclic) bond motifs is 1. The van der Waals surface area contributed by atoms with Gasteiger partial charge in [-0.2, -0.15) is 5.26 Å². The van der Waals surface area contributed by atoms with Gasteiger partial charge in [0.2, 0.25) is 0 Å². The lowest BCUT2D eigenvalue weighted by Crippen LogP contribution is -2.03. The van der Waals surface area contributed by atoms with Crippen LogP contribution in [0.3, 0.4) is 0 Å². The minimum Gasteiger partial charge on any atom is -0.279 e. The molecule has 0 spiro atoms. The maximum Gasteiger partial charge on any atom is 0.164 e. The number of rotatable bonds is 3. The van der Waals surface area contributed by atoms with Crippen LogP contribution < -0.4 is 0 Å². The first kappa shape index (κ1) is 13.9. The zero-order valence-corrected chi connectivity index (χ0v) is 12.4. The summed E-state index contributed by atoms with van der Waals surface area (Å²) < 4.78 is 1.89. The predicted molar refractivity (Wildman–Crippen MR) is 83.0 cm³/mol. The second-order valence-corrected chi connectivity index (χ2v) is 5.21. The maximum absolute atomic E-state index is 8.94. The summed E-state index contributed by atoms with van der Waals surface area (Å²) in [7, 11) is 0. The third kappa shape index (κ3) is 2.46. The number of hydrogen-bond acceptors (Lipinski definition) is 3. The van der Waals surface area contributed by atoms with Gasteiger partial charge in [0.05, 0.1) is 22.3 Å². The van der Waals surface area contributed by atoms with Crippen LogP contribution in [0.25, 0.3) is 16.9 Å². The number of hydrogen-bond donors (Lipinski definition) is 0. The van der Waals surface area contributed by atoms with Gasteiger partial charge in [-0.05, 0) is 30.3 Å². The van der Waals surface area contributed by atoms with E-state index in [4.69, 9.17) is 28.5 Å². The number of alkyl halides is 1. The summed E-state index contributed by atoms with van der Waals surface area (Å²) in [4.78, 5) is 8.93. The molecule has 0 aliphatic heterocycles. The van der Waals surface area contributed by atoms with Crippen molar-refractivity contribution in [3.8, 4) is 11.8 Å². The summed E-state index contributed by atoms with van der Waals surface area (Å²) in [5.41, 5.74) is 2.78. The number of imidazole rings is 1. The predicted octanol–water partition coefficient (Wildman–Crippen LogP) is 3.73. The normalized spacial score (nSPS) is 10.7. The first-order valence-corrected chi connectivity index (χ1v) is 7.24. The van der Waals surface area contributed by atoms with Gasteiger partial charge >= 0.3 is 0 Å². The quantitative estimate of drug-likeness (QED) is 0.692. The number of pyridine rings is 1. The van der Waals surface area contributed by atoms with Gasteiger partial charge < -0.3 is 0 Å². The van der Waals surface area contributed by atoms with Crippen molar-refractivity contribution in [3.63, 3.8) is 0 Å². The van der Waals surface area contributed by atoms with E-state index in [1.54, 1.807) is 24.4 Å². The Morgan fingerprint density at radius 2 is 2.14 bits per heavy atom.